The summed E-state index contributed by atoms with van der Waals surface area (Å²) in [5.74, 6) is 0.0300. The quantitative estimate of drug-likeness (QED) is 0.823. The van der Waals surface area contributed by atoms with Crippen LogP contribution in [0.2, 0.25) is 0 Å². The Hall–Kier alpha value is -1.36. The molecule has 5 heteroatoms. The smallest absolute Gasteiger partial charge is 0.244 e. The van der Waals surface area contributed by atoms with Gasteiger partial charge in [0.25, 0.3) is 0 Å². The van der Waals surface area contributed by atoms with E-state index in [-0.39, 0.29) is 5.91 Å². The number of nitrogens with zero attached hydrogens (tertiary/aromatic N) is 3. The van der Waals surface area contributed by atoms with Gasteiger partial charge in [0, 0.05) is 31.4 Å². The molecule has 0 saturated heterocycles. The Balaban J connectivity index is 2.06. The summed E-state index contributed by atoms with van der Waals surface area (Å²) in [6.07, 6.45) is 6.68. The van der Waals surface area contributed by atoms with Gasteiger partial charge < -0.3 is 10.6 Å². The van der Waals surface area contributed by atoms with Gasteiger partial charge in [0.2, 0.25) is 5.91 Å². The van der Waals surface area contributed by atoms with E-state index in [1.54, 1.807) is 17.1 Å². The molecule has 2 rings (SSSR count). The first-order valence-electron chi connectivity index (χ1n) is 6.18. The molecule has 1 saturated carbocycles. The molecule has 0 radical (unpaired) electrons. The lowest BCUT2D eigenvalue weighted by Gasteiger charge is -2.24. The third-order valence-electron chi connectivity index (χ3n) is 3.09. The van der Waals surface area contributed by atoms with Gasteiger partial charge in [-0.15, -0.1) is 0 Å². The van der Waals surface area contributed by atoms with Crippen molar-refractivity contribution in [2.75, 3.05) is 6.54 Å². The van der Waals surface area contributed by atoms with Gasteiger partial charge in [0.05, 0.1) is 6.20 Å². The summed E-state index contributed by atoms with van der Waals surface area (Å²) >= 11 is 0. The zero-order valence-electron chi connectivity index (χ0n) is 10.5. The summed E-state index contributed by atoms with van der Waals surface area (Å²) in [6.45, 7) is 2.88. The van der Waals surface area contributed by atoms with Crippen LogP contribution in [-0.4, -0.2) is 33.2 Å². The van der Waals surface area contributed by atoms with Crippen molar-refractivity contribution in [1.82, 2.24) is 14.7 Å². The highest BCUT2D eigenvalue weighted by atomic mass is 16.2. The van der Waals surface area contributed by atoms with E-state index >= 15 is 0 Å². The Bertz CT molecular complexity index is 397. The van der Waals surface area contributed by atoms with Crippen LogP contribution in [-0.2, 0) is 11.8 Å². The molecule has 0 aromatic carbocycles. The zero-order valence-corrected chi connectivity index (χ0v) is 10.5. The molecule has 1 aliphatic rings. The fourth-order valence-corrected chi connectivity index (χ4v) is 2.02. The van der Waals surface area contributed by atoms with E-state index in [2.05, 4.69) is 12.0 Å². The molecular formula is C12H20N4O. The maximum absolute atomic E-state index is 12.3. The first-order chi connectivity index (χ1) is 8.13. The summed E-state index contributed by atoms with van der Waals surface area (Å²) in [5, 5.41) is 4.05. The van der Waals surface area contributed by atoms with Crippen LogP contribution in [0.15, 0.2) is 12.4 Å². The van der Waals surface area contributed by atoms with E-state index in [0.717, 1.165) is 31.4 Å². The number of amides is 1. The maximum atomic E-state index is 12.3. The molecule has 5 nitrogen and oxygen atoms in total. The molecule has 17 heavy (non-hydrogen) atoms. The monoisotopic (exact) mass is 236 g/mol. The molecule has 94 valence electrons. The lowest BCUT2D eigenvalue weighted by atomic mass is 10.1. The van der Waals surface area contributed by atoms with E-state index in [1.165, 1.54) is 0 Å². The zero-order chi connectivity index (χ0) is 12.4. The van der Waals surface area contributed by atoms with Crippen LogP contribution in [0.5, 0.6) is 0 Å². The van der Waals surface area contributed by atoms with Gasteiger partial charge in [0.1, 0.15) is 6.04 Å². The van der Waals surface area contributed by atoms with Crippen molar-refractivity contribution in [2.45, 2.75) is 38.3 Å². The fraction of sp³-hybridized carbons (Fsp3) is 0.667. The molecule has 1 aliphatic carbocycles. The molecule has 2 N–H and O–H groups in total. The standard InChI is InChI=1S/C12H20N4O/c1-3-6-16(10-4-5-10)12(17)11(13)9-7-14-15(2)8-9/h7-8,10-11H,3-6,13H2,1-2H3. The van der Waals surface area contributed by atoms with Crippen molar-refractivity contribution in [3.63, 3.8) is 0 Å². The molecule has 1 unspecified atom stereocenters. The molecular weight excluding hydrogens is 216 g/mol. The van der Waals surface area contributed by atoms with Crippen molar-refractivity contribution >= 4 is 5.91 Å². The Kier molecular flexibility index (Phi) is 3.47. The number of hydrogen-bond donors (Lipinski definition) is 1. The van der Waals surface area contributed by atoms with Crippen molar-refractivity contribution in [2.24, 2.45) is 12.8 Å². The highest BCUT2D eigenvalue weighted by Gasteiger charge is 2.34. The normalized spacial score (nSPS) is 16.9. The van der Waals surface area contributed by atoms with Crippen molar-refractivity contribution in [3.05, 3.63) is 18.0 Å². The third kappa shape index (κ3) is 2.66. The Morgan fingerprint density at radius 3 is 2.88 bits per heavy atom. The predicted molar refractivity (Wildman–Crippen MR) is 65.2 cm³/mol. The number of hydrogen-bond acceptors (Lipinski definition) is 3. The van der Waals surface area contributed by atoms with Crippen LogP contribution in [0.25, 0.3) is 0 Å². The Morgan fingerprint density at radius 2 is 2.41 bits per heavy atom. The van der Waals surface area contributed by atoms with Crippen molar-refractivity contribution in [3.8, 4) is 0 Å². The van der Waals surface area contributed by atoms with Crippen LogP contribution >= 0.6 is 0 Å². The van der Waals surface area contributed by atoms with E-state index in [9.17, 15) is 4.79 Å². The van der Waals surface area contributed by atoms with Crippen LogP contribution in [0.3, 0.4) is 0 Å². The number of carbonyl (C=O) groups excluding carboxylic acids is 1. The summed E-state index contributed by atoms with van der Waals surface area (Å²) in [7, 11) is 1.82. The number of aryl methyl sites for hydroxylation is 1. The first-order valence-corrected chi connectivity index (χ1v) is 6.18. The predicted octanol–water partition coefficient (Wildman–Crippen LogP) is 0.821. The summed E-state index contributed by atoms with van der Waals surface area (Å²) < 4.78 is 1.67. The van der Waals surface area contributed by atoms with Crippen molar-refractivity contribution in [1.29, 1.82) is 0 Å². The topological polar surface area (TPSA) is 64.2 Å². The average molecular weight is 236 g/mol. The lowest BCUT2D eigenvalue weighted by Crippen LogP contribution is -2.40. The van der Waals surface area contributed by atoms with E-state index in [0.29, 0.717) is 6.04 Å². The number of nitrogens with two attached hydrogens (primary N) is 1. The molecule has 1 aromatic rings. The van der Waals surface area contributed by atoms with Gasteiger partial charge in [-0.25, -0.2) is 0 Å². The van der Waals surface area contributed by atoms with Crippen LogP contribution in [0.1, 0.15) is 37.8 Å². The van der Waals surface area contributed by atoms with Gasteiger partial charge in [0.15, 0.2) is 0 Å². The minimum absolute atomic E-state index is 0.0300. The minimum Gasteiger partial charge on any atom is -0.338 e. The second-order valence-electron chi connectivity index (χ2n) is 4.69. The third-order valence-corrected chi connectivity index (χ3v) is 3.09. The van der Waals surface area contributed by atoms with Gasteiger partial charge in [-0.2, -0.15) is 5.10 Å². The largest absolute Gasteiger partial charge is 0.338 e. The van der Waals surface area contributed by atoms with Gasteiger partial charge >= 0.3 is 0 Å². The van der Waals surface area contributed by atoms with Crippen LogP contribution < -0.4 is 5.73 Å². The Labute approximate surface area is 102 Å². The highest BCUT2D eigenvalue weighted by molar-refractivity contribution is 5.83. The molecule has 1 fully saturated rings. The Morgan fingerprint density at radius 1 is 1.71 bits per heavy atom. The van der Waals surface area contributed by atoms with E-state index < -0.39 is 6.04 Å². The second kappa shape index (κ2) is 4.87. The van der Waals surface area contributed by atoms with E-state index in [1.807, 2.05) is 11.9 Å². The van der Waals surface area contributed by atoms with Crippen LogP contribution in [0.4, 0.5) is 0 Å². The molecule has 1 aromatic heterocycles. The summed E-state index contributed by atoms with van der Waals surface area (Å²) in [4.78, 5) is 14.2. The fourth-order valence-electron chi connectivity index (χ4n) is 2.02. The highest BCUT2D eigenvalue weighted by Crippen LogP contribution is 2.29. The SMILES string of the molecule is CCCN(C(=O)C(N)c1cnn(C)c1)C1CC1. The molecule has 1 heterocycles. The summed E-state index contributed by atoms with van der Waals surface area (Å²) in [5.41, 5.74) is 6.80. The molecule has 0 spiro atoms. The van der Waals surface area contributed by atoms with Crippen LogP contribution in [0, 0.1) is 0 Å². The number of carbonyl (C=O) groups is 1. The maximum Gasteiger partial charge on any atom is 0.244 e. The molecule has 1 amide bonds. The van der Waals surface area contributed by atoms with Gasteiger partial charge in [-0.05, 0) is 19.3 Å². The number of rotatable bonds is 5. The molecule has 1 atom stereocenters. The molecule has 0 bridgehead atoms. The van der Waals surface area contributed by atoms with Gasteiger partial charge in [-0.3, -0.25) is 9.48 Å². The average Bonchev–Trinajstić information content (AvgIpc) is 3.06. The van der Waals surface area contributed by atoms with Crippen molar-refractivity contribution < 1.29 is 4.79 Å². The summed E-state index contributed by atoms with van der Waals surface area (Å²) in [6, 6.07) is -0.152. The number of aromatic nitrogens is 2. The minimum atomic E-state index is -0.573. The second-order valence-corrected chi connectivity index (χ2v) is 4.69. The van der Waals surface area contributed by atoms with E-state index in [4.69, 9.17) is 5.73 Å². The first kappa shape index (κ1) is 12.1. The lowest BCUT2D eigenvalue weighted by molar-refractivity contribution is -0.133. The van der Waals surface area contributed by atoms with Gasteiger partial charge in [-0.1, -0.05) is 6.92 Å². The molecule has 0 aliphatic heterocycles.